The van der Waals surface area contributed by atoms with Crippen molar-refractivity contribution in [1.82, 2.24) is 0 Å². The van der Waals surface area contributed by atoms with Gasteiger partial charge in [-0.05, 0) is 61.1 Å². The number of carbonyl (C=O) groups excluding carboxylic acids is 1. The first-order valence-electron chi connectivity index (χ1n) is 11.2. The molecular weight excluding hydrogens is 366 g/mol. The number of benzene rings is 2. The first-order chi connectivity index (χ1) is 14.0. The average Bonchev–Trinajstić information content (AvgIpc) is 2.75. The molecule has 0 atom stereocenters. The highest BCUT2D eigenvalue weighted by Gasteiger charge is 2.22. The highest BCUT2D eigenvalue weighted by molar-refractivity contribution is 5.96. The maximum atomic E-state index is 14.7. The molecule has 1 nitrogen and oxygen atoms in total. The van der Waals surface area contributed by atoms with Crippen molar-refractivity contribution in [2.45, 2.75) is 77.6 Å². The van der Waals surface area contributed by atoms with Crippen molar-refractivity contribution in [2.24, 2.45) is 5.92 Å². The lowest BCUT2D eigenvalue weighted by Gasteiger charge is -2.28. The third-order valence-electron chi connectivity index (χ3n) is 6.38. The number of carbonyl (C=O) groups is 1. The van der Waals surface area contributed by atoms with Gasteiger partial charge in [0, 0.05) is 12.0 Å². The van der Waals surface area contributed by atoms with Gasteiger partial charge in [0.2, 0.25) is 0 Å². The van der Waals surface area contributed by atoms with E-state index < -0.39 is 11.6 Å². The van der Waals surface area contributed by atoms with Crippen LogP contribution in [0.4, 0.5) is 8.78 Å². The lowest BCUT2D eigenvalue weighted by Crippen LogP contribution is -2.13. The van der Waals surface area contributed by atoms with Gasteiger partial charge in [0.15, 0.2) is 17.4 Å². The molecule has 2 aromatic carbocycles. The summed E-state index contributed by atoms with van der Waals surface area (Å²) in [6.45, 7) is 4.22. The number of hydrogen-bond donors (Lipinski definition) is 0. The van der Waals surface area contributed by atoms with Gasteiger partial charge >= 0.3 is 0 Å². The number of unbranched alkanes of at least 4 members (excludes halogenated alkanes) is 1. The van der Waals surface area contributed by atoms with Gasteiger partial charge in [-0.2, -0.15) is 0 Å². The van der Waals surface area contributed by atoms with E-state index in [0.29, 0.717) is 17.9 Å². The van der Waals surface area contributed by atoms with Gasteiger partial charge in [-0.1, -0.05) is 63.4 Å². The Kier molecular flexibility index (Phi) is 7.57. The number of Topliss-reactive ketones (excluding diaryl/α,β-unsaturated/α-hetero) is 1. The lowest BCUT2D eigenvalue weighted by atomic mass is 9.77. The third-order valence-corrected chi connectivity index (χ3v) is 6.38. The Balaban J connectivity index is 1.73. The van der Waals surface area contributed by atoms with Crippen LogP contribution in [0.15, 0.2) is 36.4 Å². The average molecular weight is 399 g/mol. The number of ketones is 1. The Morgan fingerprint density at radius 1 is 0.897 bits per heavy atom. The fourth-order valence-corrected chi connectivity index (χ4v) is 4.59. The molecule has 0 unspecified atom stereocenters. The van der Waals surface area contributed by atoms with Crippen molar-refractivity contribution < 1.29 is 13.6 Å². The van der Waals surface area contributed by atoms with Gasteiger partial charge in [0.1, 0.15) is 0 Å². The van der Waals surface area contributed by atoms with Crippen LogP contribution in [0.5, 0.6) is 0 Å². The van der Waals surface area contributed by atoms with Gasteiger partial charge in [-0.25, -0.2) is 8.78 Å². The van der Waals surface area contributed by atoms with Crippen molar-refractivity contribution in [3.05, 3.63) is 59.2 Å². The molecule has 0 N–H and O–H groups in total. The first kappa shape index (κ1) is 21.7. The standard InChI is InChI=1S/C26H32F2O/c1-3-5-7-24(29)23-17-16-22(25(27)26(23)28)21-14-12-20(13-15-21)19-10-8-18(6-4-2)9-11-19/h12-19H,3-11H2,1-2H3. The molecule has 2 aromatic rings. The molecule has 0 aromatic heterocycles. The number of rotatable bonds is 8. The minimum atomic E-state index is -1.03. The molecule has 0 bridgehead atoms. The van der Waals surface area contributed by atoms with E-state index in [0.717, 1.165) is 12.3 Å². The second-order valence-corrected chi connectivity index (χ2v) is 8.44. The second kappa shape index (κ2) is 10.1. The maximum absolute atomic E-state index is 14.7. The van der Waals surface area contributed by atoms with Gasteiger partial charge in [0.25, 0.3) is 0 Å². The summed E-state index contributed by atoms with van der Waals surface area (Å²) in [7, 11) is 0. The predicted octanol–water partition coefficient (Wildman–Crippen LogP) is 8.08. The zero-order valence-electron chi connectivity index (χ0n) is 17.6. The van der Waals surface area contributed by atoms with Gasteiger partial charge in [0.05, 0.1) is 5.56 Å². The third kappa shape index (κ3) is 5.12. The van der Waals surface area contributed by atoms with Crippen molar-refractivity contribution in [3.63, 3.8) is 0 Å². The summed E-state index contributed by atoms with van der Waals surface area (Å²) in [5.41, 5.74) is 2.02. The van der Waals surface area contributed by atoms with E-state index in [2.05, 4.69) is 19.1 Å². The minimum absolute atomic E-state index is 0.139. The van der Waals surface area contributed by atoms with Crippen LogP contribution >= 0.6 is 0 Å². The van der Waals surface area contributed by atoms with Crippen LogP contribution in [0.1, 0.15) is 93.5 Å². The predicted molar refractivity (Wildman–Crippen MR) is 115 cm³/mol. The molecule has 1 saturated carbocycles. The van der Waals surface area contributed by atoms with Crippen molar-refractivity contribution >= 4 is 5.78 Å². The summed E-state index contributed by atoms with van der Waals surface area (Å²) in [5, 5.41) is 0. The van der Waals surface area contributed by atoms with Crippen molar-refractivity contribution in [1.29, 1.82) is 0 Å². The van der Waals surface area contributed by atoms with Crippen LogP contribution in [0.2, 0.25) is 0 Å². The number of halogens is 2. The van der Waals surface area contributed by atoms with Gasteiger partial charge in [-0.15, -0.1) is 0 Å². The Bertz CT molecular complexity index is 817. The molecule has 1 aliphatic rings. The fraction of sp³-hybridized carbons (Fsp3) is 0.500. The van der Waals surface area contributed by atoms with Crippen molar-refractivity contribution in [3.8, 4) is 11.1 Å². The summed E-state index contributed by atoms with van der Waals surface area (Å²) in [4.78, 5) is 12.1. The number of hydrogen-bond acceptors (Lipinski definition) is 1. The molecule has 0 radical (unpaired) electrons. The van der Waals surface area contributed by atoms with Crippen LogP contribution in [0.3, 0.4) is 0 Å². The van der Waals surface area contributed by atoms with E-state index in [4.69, 9.17) is 0 Å². The summed E-state index contributed by atoms with van der Waals surface area (Å²) in [6.07, 6.45) is 9.36. The molecule has 1 aliphatic carbocycles. The normalized spacial score (nSPS) is 19.3. The van der Waals surface area contributed by atoms with E-state index in [1.807, 2.05) is 19.1 Å². The minimum Gasteiger partial charge on any atom is -0.294 e. The van der Waals surface area contributed by atoms with E-state index in [1.165, 1.54) is 56.2 Å². The molecule has 3 rings (SSSR count). The molecule has 0 aliphatic heterocycles. The quantitative estimate of drug-likeness (QED) is 0.411. The molecule has 1 fully saturated rings. The fourth-order valence-electron chi connectivity index (χ4n) is 4.59. The van der Waals surface area contributed by atoms with Crippen LogP contribution in [0, 0.1) is 17.6 Å². The molecule has 0 spiro atoms. The zero-order valence-corrected chi connectivity index (χ0v) is 17.6. The molecule has 0 amide bonds. The molecule has 0 saturated heterocycles. The van der Waals surface area contributed by atoms with E-state index >= 15 is 0 Å². The Morgan fingerprint density at radius 2 is 1.59 bits per heavy atom. The Morgan fingerprint density at radius 3 is 2.21 bits per heavy atom. The summed E-state index contributed by atoms with van der Waals surface area (Å²) >= 11 is 0. The van der Waals surface area contributed by atoms with Gasteiger partial charge in [-0.3, -0.25) is 4.79 Å². The first-order valence-corrected chi connectivity index (χ1v) is 11.2. The van der Waals surface area contributed by atoms with Crippen LogP contribution < -0.4 is 0 Å². The summed E-state index contributed by atoms with van der Waals surface area (Å²) in [6, 6.07) is 10.8. The zero-order chi connectivity index (χ0) is 20.8. The van der Waals surface area contributed by atoms with E-state index in [-0.39, 0.29) is 23.3 Å². The van der Waals surface area contributed by atoms with Crippen LogP contribution in [0.25, 0.3) is 11.1 Å². The maximum Gasteiger partial charge on any atom is 0.170 e. The van der Waals surface area contributed by atoms with E-state index in [1.54, 1.807) is 0 Å². The largest absolute Gasteiger partial charge is 0.294 e. The molecule has 0 heterocycles. The van der Waals surface area contributed by atoms with E-state index in [9.17, 15) is 13.6 Å². The highest BCUT2D eigenvalue weighted by atomic mass is 19.2. The smallest absolute Gasteiger partial charge is 0.170 e. The Hall–Kier alpha value is -2.03. The van der Waals surface area contributed by atoms with Crippen LogP contribution in [-0.4, -0.2) is 5.78 Å². The monoisotopic (exact) mass is 398 g/mol. The topological polar surface area (TPSA) is 17.1 Å². The summed E-state index contributed by atoms with van der Waals surface area (Å²) < 4.78 is 29.2. The molecule has 3 heteroatoms. The Labute approximate surface area is 173 Å². The van der Waals surface area contributed by atoms with Gasteiger partial charge < -0.3 is 0 Å². The molecular formula is C26H32F2O. The lowest BCUT2D eigenvalue weighted by molar-refractivity contribution is 0.0975. The molecule has 156 valence electrons. The molecule has 29 heavy (non-hydrogen) atoms. The van der Waals surface area contributed by atoms with Crippen molar-refractivity contribution in [2.75, 3.05) is 0 Å². The SMILES string of the molecule is CCCCC(=O)c1ccc(-c2ccc(C3CCC(CCC)CC3)cc2)c(F)c1F. The highest BCUT2D eigenvalue weighted by Crippen LogP contribution is 2.38. The van der Waals surface area contributed by atoms with Crippen LogP contribution in [-0.2, 0) is 0 Å². The summed E-state index contributed by atoms with van der Waals surface area (Å²) in [5.74, 6) is -0.852. The second-order valence-electron chi connectivity index (χ2n) is 8.44.